The van der Waals surface area contributed by atoms with Gasteiger partial charge in [-0.2, -0.15) is 0 Å². The van der Waals surface area contributed by atoms with Gasteiger partial charge >= 0.3 is 0 Å². The minimum absolute atomic E-state index is 0.0867. The van der Waals surface area contributed by atoms with E-state index in [9.17, 15) is 17.9 Å². The number of aryl methyl sites for hydroxylation is 1. The van der Waals surface area contributed by atoms with Gasteiger partial charge in [0.15, 0.2) is 0 Å². The molecule has 0 amide bonds. The molecule has 2 unspecified atom stereocenters. The van der Waals surface area contributed by atoms with Gasteiger partial charge < -0.3 is 5.11 Å². The van der Waals surface area contributed by atoms with Crippen LogP contribution in [0.5, 0.6) is 0 Å². The van der Waals surface area contributed by atoms with Gasteiger partial charge in [0.2, 0.25) is 10.0 Å². The molecule has 6 heteroatoms. The Morgan fingerprint density at radius 2 is 2.20 bits per heavy atom. The third kappa shape index (κ3) is 2.87. The van der Waals surface area contributed by atoms with Crippen molar-refractivity contribution in [2.45, 2.75) is 44.0 Å². The van der Waals surface area contributed by atoms with Crippen LogP contribution in [-0.2, 0) is 10.0 Å². The van der Waals surface area contributed by atoms with Gasteiger partial charge in [0, 0.05) is 18.1 Å². The van der Waals surface area contributed by atoms with Crippen LogP contribution < -0.4 is 4.72 Å². The van der Waals surface area contributed by atoms with E-state index in [4.69, 9.17) is 0 Å². The van der Waals surface area contributed by atoms with E-state index in [1.807, 2.05) is 6.92 Å². The van der Waals surface area contributed by atoms with E-state index in [1.165, 1.54) is 12.1 Å². The summed E-state index contributed by atoms with van der Waals surface area (Å²) in [6, 6.07) is 3.68. The van der Waals surface area contributed by atoms with Gasteiger partial charge in [-0.25, -0.2) is 17.5 Å². The molecule has 0 heterocycles. The maximum Gasteiger partial charge on any atom is 0.243 e. The molecule has 2 atom stereocenters. The van der Waals surface area contributed by atoms with E-state index in [1.54, 1.807) is 13.0 Å². The quantitative estimate of drug-likeness (QED) is 0.893. The van der Waals surface area contributed by atoms with Crippen molar-refractivity contribution in [3.8, 4) is 0 Å². The van der Waals surface area contributed by atoms with Crippen molar-refractivity contribution in [3.63, 3.8) is 0 Å². The Bertz CT molecular complexity index is 602. The van der Waals surface area contributed by atoms with E-state index in [2.05, 4.69) is 4.72 Å². The molecule has 1 fully saturated rings. The Balaban J connectivity index is 2.28. The highest BCUT2D eigenvalue weighted by atomic mass is 32.2. The Labute approximate surface area is 119 Å². The number of benzene rings is 1. The number of hydrogen-bond donors (Lipinski definition) is 2. The molecule has 0 aliphatic heterocycles. The zero-order valence-corrected chi connectivity index (χ0v) is 12.5. The van der Waals surface area contributed by atoms with Crippen molar-refractivity contribution in [2.24, 2.45) is 5.41 Å². The van der Waals surface area contributed by atoms with Crippen molar-refractivity contribution in [3.05, 3.63) is 29.6 Å². The molecule has 2 rings (SSSR count). The molecule has 112 valence electrons. The normalized spacial score (nSPS) is 26.9. The van der Waals surface area contributed by atoms with Gasteiger partial charge in [-0.15, -0.1) is 0 Å². The third-order valence-corrected chi connectivity index (χ3v) is 5.62. The number of nitrogens with one attached hydrogen (secondary N) is 1. The Kier molecular flexibility index (Phi) is 4.18. The number of aliphatic hydroxyl groups excluding tert-OH is 1. The lowest BCUT2D eigenvalue weighted by molar-refractivity contribution is 0.127. The second-order valence-corrected chi connectivity index (χ2v) is 7.49. The summed E-state index contributed by atoms with van der Waals surface area (Å²) in [6.45, 7) is 3.46. The summed E-state index contributed by atoms with van der Waals surface area (Å²) in [6.07, 6.45) is 2.26. The summed E-state index contributed by atoms with van der Waals surface area (Å²) >= 11 is 0. The summed E-state index contributed by atoms with van der Waals surface area (Å²) in [5.41, 5.74) is 0.191. The van der Waals surface area contributed by atoms with Gasteiger partial charge in [0.1, 0.15) is 10.7 Å². The average molecular weight is 301 g/mol. The first kappa shape index (κ1) is 15.4. The van der Waals surface area contributed by atoms with Crippen molar-refractivity contribution < 1.29 is 17.9 Å². The van der Waals surface area contributed by atoms with Crippen LogP contribution in [0.25, 0.3) is 0 Å². The van der Waals surface area contributed by atoms with Gasteiger partial charge in [0.25, 0.3) is 0 Å². The second-order valence-electron chi connectivity index (χ2n) is 5.81. The van der Waals surface area contributed by atoms with Gasteiger partial charge in [-0.3, -0.25) is 0 Å². The largest absolute Gasteiger partial charge is 0.396 e. The predicted octanol–water partition coefficient (Wildman–Crippen LogP) is 1.96. The van der Waals surface area contributed by atoms with Crippen molar-refractivity contribution >= 4 is 10.0 Å². The van der Waals surface area contributed by atoms with Gasteiger partial charge in [0.05, 0.1) is 0 Å². The molecule has 0 saturated heterocycles. The lowest BCUT2D eigenvalue weighted by Gasteiger charge is -2.29. The molecule has 1 aliphatic rings. The van der Waals surface area contributed by atoms with Crippen molar-refractivity contribution in [2.75, 3.05) is 6.61 Å². The highest BCUT2D eigenvalue weighted by Crippen LogP contribution is 2.38. The summed E-state index contributed by atoms with van der Waals surface area (Å²) in [7, 11) is -3.91. The van der Waals surface area contributed by atoms with Crippen LogP contribution >= 0.6 is 0 Å². The first-order valence-corrected chi connectivity index (χ1v) is 8.16. The maximum absolute atomic E-state index is 13.8. The number of sulfonamides is 1. The average Bonchev–Trinajstić information content (AvgIpc) is 2.70. The van der Waals surface area contributed by atoms with Gasteiger partial charge in [-0.05, 0) is 37.5 Å². The maximum atomic E-state index is 13.8. The van der Waals surface area contributed by atoms with Crippen molar-refractivity contribution in [1.29, 1.82) is 0 Å². The second kappa shape index (κ2) is 5.42. The molecule has 1 aliphatic carbocycles. The number of halogens is 1. The SMILES string of the molecule is Cc1ccc(S(=O)(=O)NC2CCCC2(C)CO)c(F)c1. The van der Waals surface area contributed by atoms with E-state index in [-0.39, 0.29) is 17.5 Å². The molecule has 1 aromatic carbocycles. The monoisotopic (exact) mass is 301 g/mol. The molecule has 1 aromatic rings. The fourth-order valence-electron chi connectivity index (χ4n) is 2.70. The number of aliphatic hydroxyl groups is 1. The Morgan fingerprint density at radius 3 is 2.80 bits per heavy atom. The minimum atomic E-state index is -3.91. The van der Waals surface area contributed by atoms with Crippen LogP contribution in [0.2, 0.25) is 0 Å². The molecule has 20 heavy (non-hydrogen) atoms. The Morgan fingerprint density at radius 1 is 1.50 bits per heavy atom. The topological polar surface area (TPSA) is 66.4 Å². The lowest BCUT2D eigenvalue weighted by atomic mass is 9.86. The fourth-order valence-corrected chi connectivity index (χ4v) is 4.16. The summed E-state index contributed by atoms with van der Waals surface area (Å²) < 4.78 is 41.0. The van der Waals surface area contributed by atoms with Crippen LogP contribution in [0, 0.1) is 18.2 Å². The highest BCUT2D eigenvalue weighted by molar-refractivity contribution is 7.89. The van der Waals surface area contributed by atoms with Crippen LogP contribution in [0.1, 0.15) is 31.7 Å². The number of hydrogen-bond acceptors (Lipinski definition) is 3. The zero-order chi connectivity index (χ0) is 15.0. The van der Waals surface area contributed by atoms with Crippen LogP contribution in [0.15, 0.2) is 23.1 Å². The predicted molar refractivity (Wildman–Crippen MR) is 74.3 cm³/mol. The molecule has 0 radical (unpaired) electrons. The molecular formula is C14H20FNO3S. The van der Waals surface area contributed by atoms with E-state index in [0.29, 0.717) is 12.0 Å². The summed E-state index contributed by atoms with van der Waals surface area (Å²) in [5, 5.41) is 9.45. The summed E-state index contributed by atoms with van der Waals surface area (Å²) in [4.78, 5) is -0.338. The molecular weight excluding hydrogens is 281 g/mol. The molecule has 0 spiro atoms. The third-order valence-electron chi connectivity index (χ3n) is 4.12. The molecule has 1 saturated carbocycles. The van der Waals surface area contributed by atoms with Crippen LogP contribution in [0.3, 0.4) is 0 Å². The molecule has 4 nitrogen and oxygen atoms in total. The number of rotatable bonds is 4. The summed E-state index contributed by atoms with van der Waals surface area (Å²) in [5.74, 6) is -0.749. The van der Waals surface area contributed by atoms with Crippen LogP contribution in [0.4, 0.5) is 4.39 Å². The van der Waals surface area contributed by atoms with E-state index < -0.39 is 21.3 Å². The first-order chi connectivity index (χ1) is 9.28. The fraction of sp³-hybridized carbons (Fsp3) is 0.571. The standard InChI is InChI=1S/C14H20FNO3S/c1-10-5-6-12(11(15)8-10)20(18,19)16-13-4-3-7-14(13,2)9-17/h5-6,8,13,16-17H,3-4,7,9H2,1-2H3. The highest BCUT2D eigenvalue weighted by Gasteiger charge is 2.40. The lowest BCUT2D eigenvalue weighted by Crippen LogP contribution is -2.44. The van der Waals surface area contributed by atoms with Crippen LogP contribution in [-0.4, -0.2) is 26.2 Å². The smallest absolute Gasteiger partial charge is 0.243 e. The van der Waals surface area contributed by atoms with Gasteiger partial charge in [-0.1, -0.05) is 19.4 Å². The molecule has 2 N–H and O–H groups in total. The minimum Gasteiger partial charge on any atom is -0.396 e. The zero-order valence-electron chi connectivity index (χ0n) is 11.7. The Hall–Kier alpha value is -0.980. The molecule has 0 bridgehead atoms. The first-order valence-electron chi connectivity index (χ1n) is 6.68. The molecule has 0 aromatic heterocycles. The van der Waals surface area contributed by atoms with E-state index >= 15 is 0 Å². The van der Waals surface area contributed by atoms with Crippen molar-refractivity contribution in [1.82, 2.24) is 4.72 Å². The van der Waals surface area contributed by atoms with E-state index in [0.717, 1.165) is 12.8 Å².